The molecular formula is C23H22N4O4. The molecule has 0 saturated carbocycles. The summed E-state index contributed by atoms with van der Waals surface area (Å²) in [6, 6.07) is 13.1. The number of rotatable bonds is 6. The largest absolute Gasteiger partial charge is 0.462 e. The van der Waals surface area contributed by atoms with Crippen molar-refractivity contribution in [1.29, 1.82) is 0 Å². The zero-order valence-corrected chi connectivity index (χ0v) is 17.5. The van der Waals surface area contributed by atoms with Gasteiger partial charge >= 0.3 is 5.97 Å². The maximum atomic E-state index is 12.9. The molecule has 1 N–H and O–H groups in total. The van der Waals surface area contributed by atoms with Crippen LogP contribution >= 0.6 is 0 Å². The Hall–Kier alpha value is -3.94. The third-order valence-corrected chi connectivity index (χ3v) is 5.01. The van der Waals surface area contributed by atoms with Crippen molar-refractivity contribution in [3.05, 3.63) is 71.0 Å². The molecule has 31 heavy (non-hydrogen) atoms. The van der Waals surface area contributed by atoms with E-state index in [1.165, 1.54) is 10.9 Å². The van der Waals surface area contributed by atoms with Gasteiger partial charge in [0.1, 0.15) is 11.3 Å². The van der Waals surface area contributed by atoms with Gasteiger partial charge in [0.2, 0.25) is 5.91 Å². The fourth-order valence-corrected chi connectivity index (χ4v) is 3.29. The molecule has 0 fully saturated rings. The number of nitrogens with one attached hydrogen (secondary N) is 1. The van der Waals surface area contributed by atoms with Crippen LogP contribution in [-0.4, -0.2) is 33.4 Å². The van der Waals surface area contributed by atoms with Crippen LogP contribution in [0.4, 0.5) is 5.82 Å². The molecule has 4 aromatic rings. The molecule has 0 radical (unpaired) electrons. The van der Waals surface area contributed by atoms with E-state index >= 15 is 0 Å². The molecule has 0 aliphatic heterocycles. The van der Waals surface area contributed by atoms with Crippen LogP contribution < -0.4 is 5.32 Å². The van der Waals surface area contributed by atoms with E-state index in [2.05, 4.69) is 15.6 Å². The van der Waals surface area contributed by atoms with Gasteiger partial charge in [-0.2, -0.15) is 5.10 Å². The van der Waals surface area contributed by atoms with Gasteiger partial charge in [-0.05, 0) is 56.2 Å². The smallest absolute Gasteiger partial charge is 0.343 e. The Morgan fingerprint density at radius 2 is 1.87 bits per heavy atom. The van der Waals surface area contributed by atoms with Crippen molar-refractivity contribution in [3.63, 3.8) is 0 Å². The summed E-state index contributed by atoms with van der Waals surface area (Å²) in [6.07, 6.45) is 1.37. The summed E-state index contributed by atoms with van der Waals surface area (Å²) in [7, 11) is 0. The Morgan fingerprint density at radius 3 is 2.61 bits per heavy atom. The van der Waals surface area contributed by atoms with E-state index < -0.39 is 5.97 Å². The van der Waals surface area contributed by atoms with Crippen LogP contribution in [0.25, 0.3) is 16.7 Å². The van der Waals surface area contributed by atoms with E-state index in [0.29, 0.717) is 17.0 Å². The number of carbonyl (C=O) groups is 2. The second-order valence-corrected chi connectivity index (χ2v) is 7.16. The molecule has 8 heteroatoms. The highest BCUT2D eigenvalue weighted by Gasteiger charge is 2.22. The predicted molar refractivity (Wildman–Crippen MR) is 115 cm³/mol. The van der Waals surface area contributed by atoms with Crippen molar-refractivity contribution in [1.82, 2.24) is 14.9 Å². The first-order valence-electron chi connectivity index (χ1n) is 9.94. The third-order valence-electron chi connectivity index (χ3n) is 5.01. The second-order valence-electron chi connectivity index (χ2n) is 7.16. The molecule has 0 atom stereocenters. The van der Waals surface area contributed by atoms with Crippen LogP contribution in [0.2, 0.25) is 0 Å². The van der Waals surface area contributed by atoms with Gasteiger partial charge in [0.25, 0.3) is 0 Å². The Kier molecular flexibility index (Phi) is 5.53. The van der Waals surface area contributed by atoms with E-state index in [1.807, 2.05) is 56.3 Å². The molecule has 4 rings (SSSR count). The van der Waals surface area contributed by atoms with E-state index in [9.17, 15) is 9.59 Å². The Labute approximate surface area is 178 Å². The van der Waals surface area contributed by atoms with Crippen molar-refractivity contribution >= 4 is 28.7 Å². The molecule has 158 valence electrons. The van der Waals surface area contributed by atoms with Crippen molar-refractivity contribution < 1.29 is 18.8 Å². The summed E-state index contributed by atoms with van der Waals surface area (Å²) >= 11 is 0. The van der Waals surface area contributed by atoms with E-state index in [0.717, 1.165) is 16.5 Å². The lowest BCUT2D eigenvalue weighted by Gasteiger charge is -2.11. The van der Waals surface area contributed by atoms with Gasteiger partial charge in [-0.25, -0.2) is 9.48 Å². The van der Waals surface area contributed by atoms with Crippen molar-refractivity contribution in [2.24, 2.45) is 0 Å². The van der Waals surface area contributed by atoms with Crippen LogP contribution in [0, 0.1) is 13.8 Å². The minimum Gasteiger partial charge on any atom is -0.462 e. The van der Waals surface area contributed by atoms with Crippen molar-refractivity contribution in [3.8, 4) is 5.69 Å². The standard InChI is InChI=1S/C23H22N4O4/c1-4-30-23(29)18-13-24-27(16-8-6-5-7-9-16)22(18)25-21(28)12-19-17-10-14(2)15(3)11-20(17)31-26-19/h5-11,13H,4,12H2,1-3H3,(H,25,28). The summed E-state index contributed by atoms with van der Waals surface area (Å²) in [6.45, 7) is 5.92. The second kappa shape index (κ2) is 8.43. The number of hydrogen-bond acceptors (Lipinski definition) is 6. The van der Waals surface area contributed by atoms with Crippen LogP contribution in [-0.2, 0) is 16.0 Å². The number of carbonyl (C=O) groups excluding carboxylic acids is 2. The van der Waals surface area contributed by atoms with Crippen molar-refractivity contribution in [2.45, 2.75) is 27.2 Å². The minimum absolute atomic E-state index is 0.0161. The Balaban J connectivity index is 1.65. The molecule has 2 aromatic carbocycles. The molecule has 0 bridgehead atoms. The number of para-hydroxylation sites is 1. The molecule has 2 aromatic heterocycles. The summed E-state index contributed by atoms with van der Waals surface area (Å²) in [5, 5.41) is 11.9. The zero-order chi connectivity index (χ0) is 22.0. The molecule has 2 heterocycles. The maximum absolute atomic E-state index is 12.9. The molecule has 0 saturated heterocycles. The minimum atomic E-state index is -0.557. The van der Waals surface area contributed by atoms with Crippen LogP contribution in [0.5, 0.6) is 0 Å². The van der Waals surface area contributed by atoms with Gasteiger partial charge in [-0.15, -0.1) is 0 Å². The highest BCUT2D eigenvalue weighted by atomic mass is 16.5. The van der Waals surface area contributed by atoms with Gasteiger partial charge in [-0.3, -0.25) is 4.79 Å². The van der Waals surface area contributed by atoms with Crippen LogP contribution in [0.1, 0.15) is 34.1 Å². The highest BCUT2D eigenvalue weighted by molar-refractivity contribution is 6.01. The third kappa shape index (κ3) is 4.05. The quantitative estimate of drug-likeness (QED) is 0.476. The van der Waals surface area contributed by atoms with E-state index in [1.54, 1.807) is 6.92 Å². The molecule has 0 unspecified atom stereocenters. The molecule has 0 aliphatic carbocycles. The molecule has 0 aliphatic rings. The number of fused-ring (bicyclic) bond motifs is 1. The first-order valence-corrected chi connectivity index (χ1v) is 9.94. The van der Waals surface area contributed by atoms with E-state index in [4.69, 9.17) is 9.26 Å². The van der Waals surface area contributed by atoms with Gasteiger partial charge in [0.05, 0.1) is 24.9 Å². The van der Waals surface area contributed by atoms with Gasteiger partial charge in [0, 0.05) is 5.39 Å². The summed E-state index contributed by atoms with van der Waals surface area (Å²) in [5.41, 5.74) is 4.21. The van der Waals surface area contributed by atoms with Crippen LogP contribution in [0.3, 0.4) is 0 Å². The fourth-order valence-electron chi connectivity index (χ4n) is 3.29. The SMILES string of the molecule is CCOC(=O)c1cnn(-c2ccccc2)c1NC(=O)Cc1noc2cc(C)c(C)cc12. The number of hydrogen-bond donors (Lipinski definition) is 1. The monoisotopic (exact) mass is 418 g/mol. The molecular weight excluding hydrogens is 396 g/mol. The topological polar surface area (TPSA) is 99.2 Å². The number of aryl methyl sites for hydroxylation is 2. The van der Waals surface area contributed by atoms with Gasteiger partial charge in [-0.1, -0.05) is 23.4 Å². The average molecular weight is 418 g/mol. The Morgan fingerprint density at radius 1 is 1.13 bits per heavy atom. The predicted octanol–water partition coefficient (Wildman–Crippen LogP) is 3.99. The summed E-state index contributed by atoms with van der Waals surface area (Å²) in [5.74, 6) is -0.663. The normalized spacial score (nSPS) is 10.9. The maximum Gasteiger partial charge on any atom is 0.343 e. The molecule has 1 amide bonds. The van der Waals surface area contributed by atoms with Gasteiger partial charge < -0.3 is 14.6 Å². The van der Waals surface area contributed by atoms with Crippen LogP contribution in [0.15, 0.2) is 53.2 Å². The van der Waals surface area contributed by atoms with Crippen molar-refractivity contribution in [2.75, 3.05) is 11.9 Å². The zero-order valence-electron chi connectivity index (χ0n) is 17.5. The fraction of sp³-hybridized carbons (Fsp3) is 0.217. The number of anilines is 1. The number of ether oxygens (including phenoxy) is 1. The molecule has 0 spiro atoms. The lowest BCUT2D eigenvalue weighted by Crippen LogP contribution is -2.20. The number of benzene rings is 2. The Bertz CT molecular complexity index is 1260. The average Bonchev–Trinajstić information content (AvgIpc) is 3.33. The lowest BCUT2D eigenvalue weighted by molar-refractivity contribution is -0.115. The number of amides is 1. The first kappa shape index (κ1) is 20.3. The molecule has 8 nitrogen and oxygen atoms in total. The number of aromatic nitrogens is 3. The first-order chi connectivity index (χ1) is 15.0. The highest BCUT2D eigenvalue weighted by Crippen LogP contribution is 2.25. The number of esters is 1. The van der Waals surface area contributed by atoms with E-state index in [-0.39, 0.29) is 30.3 Å². The summed E-state index contributed by atoms with van der Waals surface area (Å²) in [4.78, 5) is 25.3. The van der Waals surface area contributed by atoms with Gasteiger partial charge in [0.15, 0.2) is 11.4 Å². The number of nitrogens with zero attached hydrogens (tertiary/aromatic N) is 3. The lowest BCUT2D eigenvalue weighted by atomic mass is 10.1. The summed E-state index contributed by atoms with van der Waals surface area (Å²) < 4.78 is 12.0.